The zero-order chi connectivity index (χ0) is 12.9. The van der Waals surface area contributed by atoms with E-state index < -0.39 is 27.5 Å². The molecule has 0 bridgehead atoms. The van der Waals surface area contributed by atoms with Gasteiger partial charge in [0, 0.05) is 0 Å². The molecule has 0 atom stereocenters. The smallest absolute Gasteiger partial charge is 0.426 e. The molecule has 7 heteroatoms. The minimum Gasteiger partial charge on any atom is -0.443 e. The van der Waals surface area contributed by atoms with Crippen LogP contribution in [0.2, 0.25) is 0 Å². The fourth-order valence-corrected chi connectivity index (χ4v) is 3.46. The van der Waals surface area contributed by atoms with E-state index in [1.807, 2.05) is 0 Å². The van der Waals surface area contributed by atoms with Crippen molar-refractivity contribution in [3.63, 3.8) is 0 Å². The molecule has 1 saturated heterocycles. The molecule has 1 aliphatic carbocycles. The summed E-state index contributed by atoms with van der Waals surface area (Å²) in [7, 11) is -3.97. The number of nitrogens with zero attached hydrogens (tertiary/aromatic N) is 1. The third-order valence-corrected chi connectivity index (χ3v) is 4.37. The average molecular weight is 263 g/mol. The number of hydrogen-bond donors (Lipinski definition) is 0. The van der Waals surface area contributed by atoms with Crippen molar-refractivity contribution in [3.05, 3.63) is 0 Å². The van der Waals surface area contributed by atoms with Gasteiger partial charge in [-0.15, -0.1) is 0 Å². The van der Waals surface area contributed by atoms with Crippen LogP contribution in [0, 0.1) is 0 Å². The molecule has 0 aromatic rings. The van der Waals surface area contributed by atoms with E-state index in [4.69, 9.17) is 8.92 Å². The summed E-state index contributed by atoms with van der Waals surface area (Å²) >= 11 is 0. The second-order valence-electron chi connectivity index (χ2n) is 5.54. The molecule has 0 unspecified atom stereocenters. The van der Waals surface area contributed by atoms with Gasteiger partial charge in [0.2, 0.25) is 0 Å². The quantitative estimate of drug-likeness (QED) is 0.661. The fraction of sp³-hybridized carbons (Fsp3) is 0.900. The van der Waals surface area contributed by atoms with Gasteiger partial charge in [-0.2, -0.15) is 12.7 Å². The van der Waals surface area contributed by atoms with Gasteiger partial charge in [0.15, 0.2) is 0 Å². The van der Waals surface area contributed by atoms with Gasteiger partial charge in [-0.3, -0.25) is 4.18 Å². The van der Waals surface area contributed by atoms with Gasteiger partial charge in [0.25, 0.3) is 0 Å². The Hall–Kier alpha value is -0.820. The molecule has 0 radical (unpaired) electrons. The molecule has 0 aromatic heterocycles. The number of amides is 1. The number of rotatable bonds is 0. The van der Waals surface area contributed by atoms with Gasteiger partial charge in [0.05, 0.1) is 12.1 Å². The van der Waals surface area contributed by atoms with E-state index in [0.29, 0.717) is 12.8 Å². The standard InChI is InChI=1S/C10H17NO5S/c1-9(2,3)16-8(12)11-10(5-4-6-10)7-15-17(11,13)14/h4-7H2,1-3H3. The Morgan fingerprint density at radius 1 is 1.35 bits per heavy atom. The maximum atomic E-state index is 11.9. The summed E-state index contributed by atoms with van der Waals surface area (Å²) in [5, 5.41) is 0. The second kappa shape index (κ2) is 3.58. The normalized spacial score (nSPS) is 25.7. The Balaban J connectivity index is 2.25. The van der Waals surface area contributed by atoms with Crippen LogP contribution in [-0.2, 0) is 19.2 Å². The topological polar surface area (TPSA) is 72.9 Å². The molecule has 1 saturated carbocycles. The zero-order valence-corrected chi connectivity index (χ0v) is 11.0. The Labute approximate surface area is 101 Å². The average Bonchev–Trinajstić information content (AvgIpc) is 2.33. The lowest BCUT2D eigenvalue weighted by molar-refractivity contribution is 0.0101. The minimum absolute atomic E-state index is 0.0502. The summed E-state index contributed by atoms with van der Waals surface area (Å²) < 4.78 is 34.0. The molecule has 1 amide bonds. The Morgan fingerprint density at radius 2 is 1.94 bits per heavy atom. The number of hydrogen-bond acceptors (Lipinski definition) is 5. The van der Waals surface area contributed by atoms with Crippen molar-refractivity contribution in [2.24, 2.45) is 0 Å². The van der Waals surface area contributed by atoms with E-state index in [2.05, 4.69) is 0 Å². The summed E-state index contributed by atoms with van der Waals surface area (Å²) in [5.41, 5.74) is -1.42. The highest BCUT2D eigenvalue weighted by molar-refractivity contribution is 7.85. The Bertz CT molecular complexity index is 432. The molecule has 1 heterocycles. The molecule has 2 rings (SSSR count). The molecule has 2 aliphatic rings. The maximum Gasteiger partial charge on any atom is 0.426 e. The molecule has 0 N–H and O–H groups in total. The van der Waals surface area contributed by atoms with Crippen LogP contribution in [-0.4, -0.2) is 36.6 Å². The van der Waals surface area contributed by atoms with Crippen molar-refractivity contribution < 1.29 is 22.1 Å². The summed E-state index contributed by atoms with van der Waals surface area (Å²) in [6, 6.07) is 0. The van der Waals surface area contributed by atoms with Gasteiger partial charge in [0.1, 0.15) is 5.60 Å². The molecule has 2 fully saturated rings. The monoisotopic (exact) mass is 263 g/mol. The largest absolute Gasteiger partial charge is 0.443 e. The van der Waals surface area contributed by atoms with Crippen LogP contribution in [0.25, 0.3) is 0 Å². The third kappa shape index (κ3) is 2.13. The fourth-order valence-electron chi connectivity index (χ4n) is 2.05. The first-order valence-electron chi connectivity index (χ1n) is 5.59. The molecule has 17 heavy (non-hydrogen) atoms. The van der Waals surface area contributed by atoms with Crippen molar-refractivity contribution >= 4 is 16.4 Å². The summed E-state index contributed by atoms with van der Waals surface area (Å²) in [5.74, 6) is 0. The minimum atomic E-state index is -3.97. The van der Waals surface area contributed by atoms with Gasteiger partial charge in [-0.1, -0.05) is 0 Å². The van der Waals surface area contributed by atoms with Crippen molar-refractivity contribution in [1.82, 2.24) is 4.31 Å². The summed E-state index contributed by atoms with van der Waals surface area (Å²) in [4.78, 5) is 11.9. The van der Waals surface area contributed by atoms with E-state index in [1.165, 1.54) is 0 Å². The van der Waals surface area contributed by atoms with E-state index in [0.717, 1.165) is 10.7 Å². The van der Waals surface area contributed by atoms with Crippen molar-refractivity contribution in [3.8, 4) is 0 Å². The molecular weight excluding hydrogens is 246 g/mol. The van der Waals surface area contributed by atoms with E-state index >= 15 is 0 Å². The van der Waals surface area contributed by atoms with Crippen LogP contribution in [0.3, 0.4) is 0 Å². The molecule has 1 aliphatic heterocycles. The number of carbonyl (C=O) groups is 1. The SMILES string of the molecule is CC(C)(C)OC(=O)N1C2(CCC2)COS1(=O)=O. The first kappa shape index (κ1) is 12.6. The van der Waals surface area contributed by atoms with Gasteiger partial charge in [-0.05, 0) is 40.0 Å². The molecule has 6 nitrogen and oxygen atoms in total. The lowest BCUT2D eigenvalue weighted by Crippen LogP contribution is -2.55. The van der Waals surface area contributed by atoms with Crippen molar-refractivity contribution in [2.75, 3.05) is 6.61 Å². The van der Waals surface area contributed by atoms with Gasteiger partial charge < -0.3 is 4.74 Å². The Morgan fingerprint density at radius 3 is 2.35 bits per heavy atom. The molecule has 98 valence electrons. The van der Waals surface area contributed by atoms with Crippen LogP contribution >= 0.6 is 0 Å². The molecule has 0 aromatic carbocycles. The lowest BCUT2D eigenvalue weighted by Gasteiger charge is -2.41. The zero-order valence-electron chi connectivity index (χ0n) is 10.2. The first-order valence-corrected chi connectivity index (χ1v) is 6.96. The van der Waals surface area contributed by atoms with E-state index in [1.54, 1.807) is 20.8 Å². The Kier molecular flexibility index (Phi) is 2.66. The van der Waals surface area contributed by atoms with Crippen molar-refractivity contribution in [1.29, 1.82) is 0 Å². The highest BCUT2D eigenvalue weighted by Crippen LogP contribution is 2.44. The number of ether oxygens (including phenoxy) is 1. The lowest BCUT2D eigenvalue weighted by atomic mass is 9.77. The second-order valence-corrected chi connectivity index (χ2v) is 7.00. The van der Waals surface area contributed by atoms with Crippen LogP contribution in [0.4, 0.5) is 4.79 Å². The highest BCUT2D eigenvalue weighted by Gasteiger charge is 2.58. The number of carbonyl (C=O) groups excluding carboxylic acids is 1. The maximum absolute atomic E-state index is 11.9. The summed E-state index contributed by atoms with van der Waals surface area (Å²) in [6.45, 7) is 5.14. The van der Waals surface area contributed by atoms with Crippen LogP contribution < -0.4 is 0 Å². The predicted molar refractivity (Wildman–Crippen MR) is 59.5 cm³/mol. The predicted octanol–water partition coefficient (Wildman–Crippen LogP) is 1.42. The van der Waals surface area contributed by atoms with E-state index in [-0.39, 0.29) is 6.61 Å². The molecular formula is C10H17NO5S. The first-order chi connectivity index (χ1) is 7.66. The summed E-state index contributed by atoms with van der Waals surface area (Å²) in [6.07, 6.45) is 1.35. The highest BCUT2D eigenvalue weighted by atomic mass is 32.2. The van der Waals surface area contributed by atoms with Crippen LogP contribution in [0.5, 0.6) is 0 Å². The van der Waals surface area contributed by atoms with Crippen LogP contribution in [0.1, 0.15) is 40.0 Å². The van der Waals surface area contributed by atoms with Gasteiger partial charge >= 0.3 is 16.4 Å². The molecule has 1 spiro atoms. The van der Waals surface area contributed by atoms with Crippen LogP contribution in [0.15, 0.2) is 0 Å². The third-order valence-electron chi connectivity index (χ3n) is 2.97. The van der Waals surface area contributed by atoms with Crippen molar-refractivity contribution in [2.45, 2.75) is 51.2 Å². The van der Waals surface area contributed by atoms with E-state index in [9.17, 15) is 13.2 Å². The van der Waals surface area contributed by atoms with Gasteiger partial charge in [-0.25, -0.2) is 4.79 Å².